The van der Waals surface area contributed by atoms with E-state index in [0.717, 1.165) is 40.5 Å². The lowest BCUT2D eigenvalue weighted by molar-refractivity contribution is -0.118. The minimum absolute atomic E-state index is 0.126. The number of anilines is 2. The number of hydrogen-bond acceptors (Lipinski definition) is 6. The van der Waals surface area contributed by atoms with Crippen LogP contribution in [-0.4, -0.2) is 37.1 Å². The largest absolute Gasteiger partial charge is 0.497 e. The Morgan fingerprint density at radius 1 is 1.13 bits per heavy atom. The van der Waals surface area contributed by atoms with Crippen LogP contribution in [0.25, 0.3) is 11.3 Å². The first-order chi connectivity index (χ1) is 15.0. The van der Waals surface area contributed by atoms with E-state index >= 15 is 0 Å². The number of methoxy groups -OCH3 is 1. The highest BCUT2D eigenvalue weighted by Gasteiger charge is 2.21. The number of aryl methyl sites for hydroxylation is 1. The molecule has 0 unspecified atom stereocenters. The normalized spacial score (nSPS) is 13.4. The summed E-state index contributed by atoms with van der Waals surface area (Å²) in [5.41, 5.74) is 2.64. The van der Waals surface area contributed by atoms with E-state index in [9.17, 15) is 9.59 Å². The summed E-state index contributed by atoms with van der Waals surface area (Å²) in [5, 5.41) is 3.32. The molecule has 2 heterocycles. The summed E-state index contributed by atoms with van der Waals surface area (Å²) in [6.45, 7) is 2.59. The Bertz CT molecular complexity index is 1080. The molecule has 1 aliphatic heterocycles. The Balaban J connectivity index is 1.33. The highest BCUT2D eigenvalue weighted by atomic mass is 32.1. The molecule has 8 heteroatoms. The number of thiazole rings is 1. The van der Waals surface area contributed by atoms with Gasteiger partial charge in [-0.3, -0.25) is 14.9 Å². The summed E-state index contributed by atoms with van der Waals surface area (Å²) in [6.07, 6.45) is 1.47. The Morgan fingerprint density at radius 3 is 2.48 bits per heavy atom. The number of ether oxygens (including phenoxy) is 2. The molecule has 1 saturated heterocycles. The van der Waals surface area contributed by atoms with E-state index in [1.165, 1.54) is 11.3 Å². The Kier molecular flexibility index (Phi) is 6.18. The van der Waals surface area contributed by atoms with Crippen LogP contribution in [0, 0.1) is 6.92 Å². The summed E-state index contributed by atoms with van der Waals surface area (Å²) in [7, 11) is 1.63. The average molecular weight is 438 g/mol. The molecule has 1 N–H and O–H groups in total. The molecular formula is C23H23N3O4S. The molecular weight excluding hydrogens is 414 g/mol. The Morgan fingerprint density at radius 2 is 1.84 bits per heavy atom. The fourth-order valence-corrected chi connectivity index (χ4v) is 4.27. The van der Waals surface area contributed by atoms with E-state index in [2.05, 4.69) is 10.3 Å². The number of carbonyl (C=O) groups is 2. The molecule has 2 amide bonds. The number of amides is 2. The third kappa shape index (κ3) is 4.86. The zero-order chi connectivity index (χ0) is 21.8. The van der Waals surface area contributed by atoms with Crippen LogP contribution >= 0.6 is 11.3 Å². The van der Waals surface area contributed by atoms with Crippen LogP contribution in [0.4, 0.5) is 10.8 Å². The van der Waals surface area contributed by atoms with E-state index in [-0.39, 0.29) is 18.4 Å². The minimum atomic E-state index is -0.283. The predicted molar refractivity (Wildman–Crippen MR) is 121 cm³/mol. The van der Waals surface area contributed by atoms with Crippen LogP contribution in [0.3, 0.4) is 0 Å². The fraction of sp³-hybridized carbons (Fsp3) is 0.261. The number of nitrogens with zero attached hydrogens (tertiary/aromatic N) is 2. The van der Waals surface area contributed by atoms with Gasteiger partial charge < -0.3 is 14.4 Å². The lowest BCUT2D eigenvalue weighted by Gasteiger charge is -2.16. The predicted octanol–water partition coefficient (Wildman–Crippen LogP) is 4.27. The van der Waals surface area contributed by atoms with Crippen LogP contribution in [0.15, 0.2) is 48.5 Å². The number of hydrogen-bond donors (Lipinski definition) is 1. The third-order valence-electron chi connectivity index (χ3n) is 5.00. The van der Waals surface area contributed by atoms with Crippen molar-refractivity contribution in [1.29, 1.82) is 0 Å². The molecule has 7 nitrogen and oxygen atoms in total. The highest BCUT2D eigenvalue weighted by molar-refractivity contribution is 7.16. The maximum Gasteiger partial charge on any atom is 0.264 e. The molecule has 2 aromatic carbocycles. The molecule has 1 aromatic heterocycles. The molecule has 4 rings (SSSR count). The molecule has 160 valence electrons. The molecule has 1 fully saturated rings. The van der Waals surface area contributed by atoms with Gasteiger partial charge in [0.15, 0.2) is 11.7 Å². The Labute approximate surface area is 184 Å². The fourth-order valence-electron chi connectivity index (χ4n) is 3.41. The number of aromatic nitrogens is 1. The molecule has 3 aromatic rings. The SMILES string of the molecule is COc1ccc(-c2nc(NC(=O)COc3ccc(N4CCCC4=O)cc3)sc2C)cc1. The quantitative estimate of drug-likeness (QED) is 0.597. The van der Waals surface area contributed by atoms with Crippen LogP contribution in [0.2, 0.25) is 0 Å². The second kappa shape index (κ2) is 9.18. The zero-order valence-electron chi connectivity index (χ0n) is 17.4. The van der Waals surface area contributed by atoms with Gasteiger partial charge in [0, 0.05) is 29.1 Å². The molecule has 31 heavy (non-hydrogen) atoms. The van der Waals surface area contributed by atoms with Crippen molar-refractivity contribution in [2.45, 2.75) is 19.8 Å². The van der Waals surface area contributed by atoms with E-state index < -0.39 is 0 Å². The van der Waals surface area contributed by atoms with E-state index in [0.29, 0.717) is 17.3 Å². The van der Waals surface area contributed by atoms with Gasteiger partial charge in [0.05, 0.1) is 12.8 Å². The van der Waals surface area contributed by atoms with Gasteiger partial charge in [0.1, 0.15) is 11.5 Å². The van der Waals surface area contributed by atoms with Gasteiger partial charge in [-0.1, -0.05) is 0 Å². The standard InChI is InChI=1S/C23H23N3O4S/c1-15-22(16-5-9-18(29-2)10-6-16)25-23(31-15)24-20(27)14-30-19-11-7-17(8-12-19)26-13-3-4-21(26)28/h5-12H,3-4,13-14H2,1-2H3,(H,24,25,27). The molecule has 1 aliphatic rings. The van der Waals surface area contributed by atoms with Crippen molar-refractivity contribution in [2.75, 3.05) is 30.5 Å². The second-order valence-corrected chi connectivity index (χ2v) is 8.34. The monoisotopic (exact) mass is 437 g/mol. The summed E-state index contributed by atoms with van der Waals surface area (Å²) >= 11 is 1.42. The van der Waals surface area contributed by atoms with Gasteiger partial charge in [0.2, 0.25) is 5.91 Å². The molecule has 0 radical (unpaired) electrons. The van der Waals surface area contributed by atoms with Crippen molar-refractivity contribution in [1.82, 2.24) is 4.98 Å². The van der Waals surface area contributed by atoms with E-state index in [4.69, 9.17) is 9.47 Å². The van der Waals surface area contributed by atoms with Gasteiger partial charge in [-0.25, -0.2) is 4.98 Å². The molecule has 0 bridgehead atoms. The molecule has 0 spiro atoms. The number of nitrogens with one attached hydrogen (secondary N) is 1. The summed E-state index contributed by atoms with van der Waals surface area (Å²) in [4.78, 5) is 31.5. The van der Waals surface area contributed by atoms with Crippen molar-refractivity contribution in [3.8, 4) is 22.8 Å². The first-order valence-corrected chi connectivity index (χ1v) is 10.8. The van der Waals surface area contributed by atoms with Crippen LogP contribution in [0.1, 0.15) is 17.7 Å². The Hall–Kier alpha value is -3.39. The third-order valence-corrected chi connectivity index (χ3v) is 5.88. The molecule has 0 aliphatic carbocycles. The summed E-state index contributed by atoms with van der Waals surface area (Å²) in [6, 6.07) is 14.8. The average Bonchev–Trinajstić information content (AvgIpc) is 3.37. The second-order valence-electron chi connectivity index (χ2n) is 7.13. The van der Waals surface area contributed by atoms with Crippen molar-refractivity contribution in [2.24, 2.45) is 0 Å². The van der Waals surface area contributed by atoms with E-state index in [1.807, 2.05) is 43.3 Å². The molecule has 0 atom stereocenters. The summed E-state index contributed by atoms with van der Waals surface area (Å²) in [5.74, 6) is 1.21. The smallest absolute Gasteiger partial charge is 0.264 e. The van der Waals surface area contributed by atoms with Gasteiger partial charge in [0.25, 0.3) is 5.91 Å². The van der Waals surface area contributed by atoms with Crippen molar-refractivity contribution in [3.05, 3.63) is 53.4 Å². The van der Waals surface area contributed by atoms with Crippen LogP contribution < -0.4 is 19.7 Å². The highest BCUT2D eigenvalue weighted by Crippen LogP contribution is 2.31. The van der Waals surface area contributed by atoms with Gasteiger partial charge >= 0.3 is 0 Å². The number of carbonyl (C=O) groups excluding carboxylic acids is 2. The topological polar surface area (TPSA) is 80.8 Å². The van der Waals surface area contributed by atoms with E-state index in [1.54, 1.807) is 24.1 Å². The number of benzene rings is 2. The van der Waals surface area contributed by atoms with Crippen molar-refractivity contribution < 1.29 is 19.1 Å². The van der Waals surface area contributed by atoms with Crippen molar-refractivity contribution in [3.63, 3.8) is 0 Å². The number of rotatable bonds is 7. The van der Waals surface area contributed by atoms with Crippen LogP contribution in [-0.2, 0) is 9.59 Å². The minimum Gasteiger partial charge on any atom is -0.497 e. The lowest BCUT2D eigenvalue weighted by Crippen LogP contribution is -2.23. The lowest BCUT2D eigenvalue weighted by atomic mass is 10.1. The van der Waals surface area contributed by atoms with Gasteiger partial charge in [-0.15, -0.1) is 11.3 Å². The molecule has 0 saturated carbocycles. The van der Waals surface area contributed by atoms with Gasteiger partial charge in [-0.05, 0) is 61.9 Å². The van der Waals surface area contributed by atoms with Gasteiger partial charge in [-0.2, -0.15) is 0 Å². The van der Waals surface area contributed by atoms with Crippen molar-refractivity contribution >= 4 is 34.0 Å². The maximum absolute atomic E-state index is 12.3. The zero-order valence-corrected chi connectivity index (χ0v) is 18.2. The first kappa shape index (κ1) is 20.9. The van der Waals surface area contributed by atoms with Crippen LogP contribution in [0.5, 0.6) is 11.5 Å². The maximum atomic E-state index is 12.3. The first-order valence-electron chi connectivity index (χ1n) is 9.98. The summed E-state index contributed by atoms with van der Waals surface area (Å²) < 4.78 is 10.8.